The lowest BCUT2D eigenvalue weighted by molar-refractivity contribution is 0.0698. The Hall–Kier alpha value is -2.01. The first-order chi connectivity index (χ1) is 8.97. The van der Waals surface area contributed by atoms with Crippen molar-refractivity contribution in [1.82, 2.24) is 0 Å². The molecule has 0 atom stereocenters. The van der Waals surface area contributed by atoms with E-state index in [0.29, 0.717) is 5.69 Å². The third-order valence-electron chi connectivity index (χ3n) is 2.75. The molecule has 19 heavy (non-hydrogen) atoms. The third kappa shape index (κ3) is 3.06. The zero-order valence-corrected chi connectivity index (χ0v) is 11.9. The van der Waals surface area contributed by atoms with Crippen molar-refractivity contribution < 1.29 is 9.90 Å². The predicted octanol–water partition coefficient (Wildman–Crippen LogP) is 3.78. The van der Waals surface area contributed by atoms with Crippen molar-refractivity contribution in [2.75, 3.05) is 11.1 Å². The van der Waals surface area contributed by atoms with Crippen molar-refractivity contribution in [2.45, 2.75) is 6.92 Å². The standard InChI is InChI=1S/C14H13BrN2O2/c1-8-6-9(15)2-5-13(8)17-10-3-4-12(16)11(7-10)14(18)19/h2-7,17H,16H2,1H3,(H,18,19). The first kappa shape index (κ1) is 13.4. The number of aryl methyl sites for hydroxylation is 1. The van der Waals surface area contributed by atoms with Gasteiger partial charge in [-0.2, -0.15) is 0 Å². The second-order valence-electron chi connectivity index (χ2n) is 4.19. The van der Waals surface area contributed by atoms with Gasteiger partial charge in [-0.05, 0) is 48.9 Å². The van der Waals surface area contributed by atoms with Crippen LogP contribution < -0.4 is 11.1 Å². The Morgan fingerprint density at radius 3 is 2.63 bits per heavy atom. The molecule has 0 heterocycles. The van der Waals surface area contributed by atoms with Crippen LogP contribution in [0.25, 0.3) is 0 Å². The molecule has 2 aromatic rings. The number of nitrogens with two attached hydrogens (primary N) is 1. The van der Waals surface area contributed by atoms with Crippen molar-refractivity contribution in [2.24, 2.45) is 0 Å². The van der Waals surface area contributed by atoms with E-state index in [-0.39, 0.29) is 11.3 Å². The average Bonchev–Trinajstić information content (AvgIpc) is 2.34. The molecule has 0 unspecified atom stereocenters. The van der Waals surface area contributed by atoms with Gasteiger partial charge in [0.25, 0.3) is 0 Å². The van der Waals surface area contributed by atoms with Crippen LogP contribution in [0.5, 0.6) is 0 Å². The molecule has 0 aliphatic heterocycles. The number of rotatable bonds is 3. The molecular weight excluding hydrogens is 308 g/mol. The summed E-state index contributed by atoms with van der Waals surface area (Å²) in [7, 11) is 0. The van der Waals surface area contributed by atoms with Crippen molar-refractivity contribution in [3.8, 4) is 0 Å². The second kappa shape index (κ2) is 5.32. The van der Waals surface area contributed by atoms with Gasteiger partial charge in [-0.25, -0.2) is 4.79 Å². The number of hydrogen-bond acceptors (Lipinski definition) is 3. The number of carbonyl (C=O) groups is 1. The summed E-state index contributed by atoms with van der Waals surface area (Å²) in [5.74, 6) is -1.03. The van der Waals surface area contributed by atoms with Crippen LogP contribution in [-0.4, -0.2) is 11.1 Å². The minimum Gasteiger partial charge on any atom is -0.478 e. The molecule has 5 heteroatoms. The Kier molecular flexibility index (Phi) is 3.76. The highest BCUT2D eigenvalue weighted by Gasteiger charge is 2.09. The maximum Gasteiger partial charge on any atom is 0.337 e. The van der Waals surface area contributed by atoms with Gasteiger partial charge in [-0.15, -0.1) is 0 Å². The summed E-state index contributed by atoms with van der Waals surface area (Å²) in [6.07, 6.45) is 0. The second-order valence-corrected chi connectivity index (χ2v) is 5.11. The molecule has 0 saturated heterocycles. The van der Waals surface area contributed by atoms with Crippen LogP contribution in [0, 0.1) is 6.92 Å². The van der Waals surface area contributed by atoms with Gasteiger partial charge >= 0.3 is 5.97 Å². The van der Waals surface area contributed by atoms with E-state index in [1.165, 1.54) is 6.07 Å². The average molecular weight is 321 g/mol. The van der Waals surface area contributed by atoms with Crippen LogP contribution in [0.4, 0.5) is 17.1 Å². The normalized spacial score (nSPS) is 10.2. The largest absolute Gasteiger partial charge is 0.478 e. The number of halogens is 1. The summed E-state index contributed by atoms with van der Waals surface area (Å²) >= 11 is 3.40. The molecule has 0 aromatic heterocycles. The van der Waals surface area contributed by atoms with Crippen molar-refractivity contribution >= 4 is 39.0 Å². The summed E-state index contributed by atoms with van der Waals surface area (Å²) < 4.78 is 0.999. The summed E-state index contributed by atoms with van der Waals surface area (Å²) in [5, 5.41) is 12.2. The van der Waals surface area contributed by atoms with Crippen molar-refractivity contribution in [3.63, 3.8) is 0 Å². The Bertz CT molecular complexity index is 641. The van der Waals surface area contributed by atoms with E-state index in [1.54, 1.807) is 12.1 Å². The maximum atomic E-state index is 11.0. The molecule has 0 fully saturated rings. The van der Waals surface area contributed by atoms with Gasteiger partial charge in [0.15, 0.2) is 0 Å². The molecule has 98 valence electrons. The Morgan fingerprint density at radius 2 is 2.00 bits per heavy atom. The number of benzene rings is 2. The van der Waals surface area contributed by atoms with E-state index < -0.39 is 5.97 Å². The number of hydrogen-bond donors (Lipinski definition) is 3. The quantitative estimate of drug-likeness (QED) is 0.752. The summed E-state index contributed by atoms with van der Waals surface area (Å²) in [5.41, 5.74) is 8.64. The molecule has 4 nitrogen and oxygen atoms in total. The fourth-order valence-corrected chi connectivity index (χ4v) is 2.22. The summed E-state index contributed by atoms with van der Waals surface area (Å²) in [4.78, 5) is 11.0. The van der Waals surface area contributed by atoms with E-state index in [0.717, 1.165) is 15.7 Å². The minimum absolute atomic E-state index is 0.0970. The lowest BCUT2D eigenvalue weighted by atomic mass is 10.1. The summed E-state index contributed by atoms with van der Waals surface area (Å²) in [6.45, 7) is 1.97. The molecule has 0 amide bonds. The van der Waals surface area contributed by atoms with Crippen molar-refractivity contribution in [1.29, 1.82) is 0 Å². The molecule has 0 saturated carbocycles. The molecule has 0 aliphatic rings. The molecule has 0 bridgehead atoms. The first-order valence-electron chi connectivity index (χ1n) is 5.63. The van der Waals surface area contributed by atoms with Gasteiger partial charge in [-0.3, -0.25) is 0 Å². The van der Waals surface area contributed by atoms with Gasteiger partial charge in [0, 0.05) is 21.5 Å². The van der Waals surface area contributed by atoms with E-state index in [4.69, 9.17) is 10.8 Å². The number of nitrogen functional groups attached to an aromatic ring is 1. The fourth-order valence-electron chi connectivity index (χ4n) is 1.74. The van der Waals surface area contributed by atoms with Crippen molar-refractivity contribution in [3.05, 3.63) is 52.0 Å². The van der Waals surface area contributed by atoms with Crippen LogP contribution in [-0.2, 0) is 0 Å². The predicted molar refractivity (Wildman–Crippen MR) is 80.0 cm³/mol. The Balaban J connectivity index is 2.33. The fraction of sp³-hybridized carbons (Fsp3) is 0.0714. The highest BCUT2D eigenvalue weighted by atomic mass is 79.9. The van der Waals surface area contributed by atoms with Gasteiger partial charge in [0.1, 0.15) is 0 Å². The summed E-state index contributed by atoms with van der Waals surface area (Å²) in [6, 6.07) is 10.7. The van der Waals surface area contributed by atoms with E-state index in [9.17, 15) is 4.79 Å². The Morgan fingerprint density at radius 1 is 1.26 bits per heavy atom. The van der Waals surface area contributed by atoms with E-state index in [2.05, 4.69) is 21.2 Å². The Labute approximate surface area is 119 Å². The number of nitrogens with one attached hydrogen (secondary N) is 1. The zero-order valence-electron chi connectivity index (χ0n) is 10.3. The number of anilines is 3. The van der Waals surface area contributed by atoms with E-state index in [1.807, 2.05) is 25.1 Å². The van der Waals surface area contributed by atoms with Crippen LogP contribution in [0.1, 0.15) is 15.9 Å². The topological polar surface area (TPSA) is 75.3 Å². The van der Waals surface area contributed by atoms with Crippen LogP contribution >= 0.6 is 15.9 Å². The van der Waals surface area contributed by atoms with Crippen LogP contribution in [0.2, 0.25) is 0 Å². The van der Waals surface area contributed by atoms with Crippen LogP contribution in [0.3, 0.4) is 0 Å². The number of carboxylic acid groups (broad SMARTS) is 1. The number of carboxylic acids is 1. The smallest absolute Gasteiger partial charge is 0.337 e. The zero-order chi connectivity index (χ0) is 14.0. The molecular formula is C14H13BrN2O2. The van der Waals surface area contributed by atoms with Gasteiger partial charge in [-0.1, -0.05) is 15.9 Å². The minimum atomic E-state index is -1.03. The lowest BCUT2D eigenvalue weighted by Crippen LogP contribution is -2.03. The monoisotopic (exact) mass is 320 g/mol. The molecule has 2 rings (SSSR count). The molecule has 0 spiro atoms. The highest BCUT2D eigenvalue weighted by Crippen LogP contribution is 2.25. The van der Waals surface area contributed by atoms with Crippen LogP contribution in [0.15, 0.2) is 40.9 Å². The molecule has 2 aromatic carbocycles. The van der Waals surface area contributed by atoms with E-state index >= 15 is 0 Å². The SMILES string of the molecule is Cc1cc(Br)ccc1Nc1ccc(N)c(C(=O)O)c1. The van der Waals surface area contributed by atoms with Gasteiger partial charge in [0.05, 0.1) is 5.56 Å². The highest BCUT2D eigenvalue weighted by molar-refractivity contribution is 9.10. The van der Waals surface area contributed by atoms with Gasteiger partial charge in [0.2, 0.25) is 0 Å². The maximum absolute atomic E-state index is 11.0. The first-order valence-corrected chi connectivity index (χ1v) is 6.42. The lowest BCUT2D eigenvalue weighted by Gasteiger charge is -2.11. The molecule has 0 aliphatic carbocycles. The third-order valence-corrected chi connectivity index (χ3v) is 3.24. The number of aromatic carboxylic acids is 1. The molecule has 4 N–H and O–H groups in total. The molecule has 0 radical (unpaired) electrons. The van der Waals surface area contributed by atoms with Gasteiger partial charge < -0.3 is 16.2 Å².